The Bertz CT molecular complexity index is 428. The van der Waals surface area contributed by atoms with Gasteiger partial charge in [-0.15, -0.1) is 0 Å². The lowest BCUT2D eigenvalue weighted by atomic mass is 9.89. The van der Waals surface area contributed by atoms with E-state index in [0.717, 1.165) is 19.3 Å². The van der Waals surface area contributed by atoms with Crippen LogP contribution >= 0.6 is 12.6 Å². The SMILES string of the molecule is CC(C)C(S)C(=O)OC1CCCc2ccccc21. The number of carbonyl (C=O) groups is 1. The van der Waals surface area contributed by atoms with Gasteiger partial charge in [0.25, 0.3) is 0 Å². The Kier molecular flexibility index (Phi) is 4.33. The maximum Gasteiger partial charge on any atom is 0.319 e. The summed E-state index contributed by atoms with van der Waals surface area (Å²) in [6, 6.07) is 8.23. The van der Waals surface area contributed by atoms with Crippen LogP contribution in [0.15, 0.2) is 24.3 Å². The molecule has 2 atom stereocenters. The van der Waals surface area contributed by atoms with Crippen molar-refractivity contribution in [1.29, 1.82) is 0 Å². The van der Waals surface area contributed by atoms with Crippen molar-refractivity contribution in [3.05, 3.63) is 35.4 Å². The fourth-order valence-electron chi connectivity index (χ4n) is 2.31. The van der Waals surface area contributed by atoms with E-state index < -0.39 is 0 Å². The van der Waals surface area contributed by atoms with Gasteiger partial charge in [0.15, 0.2) is 0 Å². The first-order chi connectivity index (χ1) is 8.59. The Morgan fingerprint density at radius 2 is 2.11 bits per heavy atom. The molecule has 0 fully saturated rings. The number of esters is 1. The van der Waals surface area contributed by atoms with E-state index in [1.807, 2.05) is 26.0 Å². The summed E-state index contributed by atoms with van der Waals surface area (Å²) in [5.41, 5.74) is 2.48. The summed E-state index contributed by atoms with van der Waals surface area (Å²) in [5.74, 6) is -0.00490. The maximum absolute atomic E-state index is 12.0. The number of benzene rings is 1. The number of ether oxygens (including phenoxy) is 1. The van der Waals surface area contributed by atoms with Crippen molar-refractivity contribution in [2.75, 3.05) is 0 Å². The molecule has 98 valence electrons. The molecule has 0 N–H and O–H groups in total. The van der Waals surface area contributed by atoms with Crippen LogP contribution in [0.4, 0.5) is 0 Å². The van der Waals surface area contributed by atoms with E-state index in [2.05, 4.69) is 24.8 Å². The number of fused-ring (bicyclic) bond motifs is 1. The van der Waals surface area contributed by atoms with Gasteiger partial charge in [-0.25, -0.2) is 0 Å². The molecule has 18 heavy (non-hydrogen) atoms. The zero-order chi connectivity index (χ0) is 13.1. The van der Waals surface area contributed by atoms with Gasteiger partial charge in [-0.1, -0.05) is 38.1 Å². The number of hydrogen-bond donors (Lipinski definition) is 1. The molecule has 0 amide bonds. The van der Waals surface area contributed by atoms with E-state index in [0.29, 0.717) is 0 Å². The van der Waals surface area contributed by atoms with Gasteiger partial charge in [-0.05, 0) is 36.3 Å². The summed E-state index contributed by atoms with van der Waals surface area (Å²) in [7, 11) is 0. The van der Waals surface area contributed by atoms with Crippen molar-refractivity contribution < 1.29 is 9.53 Å². The molecule has 1 aliphatic carbocycles. The minimum absolute atomic E-state index is 0.0872. The van der Waals surface area contributed by atoms with Gasteiger partial charge < -0.3 is 4.74 Å². The third-order valence-corrected chi connectivity index (χ3v) is 4.25. The molecule has 2 unspecified atom stereocenters. The summed E-state index contributed by atoms with van der Waals surface area (Å²) in [6.07, 6.45) is 2.99. The fraction of sp³-hybridized carbons (Fsp3) is 0.533. The van der Waals surface area contributed by atoms with E-state index >= 15 is 0 Å². The number of thiol groups is 1. The summed E-state index contributed by atoms with van der Waals surface area (Å²) >= 11 is 4.32. The number of aryl methyl sites for hydroxylation is 1. The van der Waals surface area contributed by atoms with Crippen LogP contribution < -0.4 is 0 Å². The van der Waals surface area contributed by atoms with E-state index in [9.17, 15) is 4.79 Å². The normalized spacial score (nSPS) is 20.3. The highest BCUT2D eigenvalue weighted by molar-refractivity contribution is 7.81. The highest BCUT2D eigenvalue weighted by Gasteiger charge is 2.27. The standard InChI is InChI=1S/C15H20O2S/c1-10(2)14(18)15(16)17-13-9-5-7-11-6-3-4-8-12(11)13/h3-4,6,8,10,13-14,18H,5,7,9H2,1-2H3. The molecular formula is C15H20O2S. The Morgan fingerprint density at radius 1 is 1.39 bits per heavy atom. The molecule has 2 nitrogen and oxygen atoms in total. The zero-order valence-electron chi connectivity index (χ0n) is 10.9. The van der Waals surface area contributed by atoms with Gasteiger partial charge in [-0.2, -0.15) is 12.6 Å². The van der Waals surface area contributed by atoms with Crippen LogP contribution in [0.2, 0.25) is 0 Å². The molecule has 0 saturated carbocycles. The molecule has 0 spiro atoms. The summed E-state index contributed by atoms with van der Waals surface area (Å²) in [5, 5.41) is -0.334. The quantitative estimate of drug-likeness (QED) is 0.667. The van der Waals surface area contributed by atoms with Crippen molar-refractivity contribution in [3.63, 3.8) is 0 Å². The van der Waals surface area contributed by atoms with Crippen LogP contribution in [0.5, 0.6) is 0 Å². The van der Waals surface area contributed by atoms with Crippen molar-refractivity contribution in [2.45, 2.75) is 44.5 Å². The van der Waals surface area contributed by atoms with Gasteiger partial charge >= 0.3 is 5.97 Å². The average Bonchev–Trinajstić information content (AvgIpc) is 2.38. The molecule has 0 aromatic heterocycles. The summed E-state index contributed by atoms with van der Waals surface area (Å²) in [4.78, 5) is 12.0. The molecule has 0 radical (unpaired) electrons. The largest absolute Gasteiger partial charge is 0.457 e. The molecule has 0 bridgehead atoms. The Balaban J connectivity index is 2.10. The lowest BCUT2D eigenvalue weighted by Crippen LogP contribution is -2.26. The summed E-state index contributed by atoms with van der Waals surface area (Å²) < 4.78 is 5.63. The monoisotopic (exact) mass is 264 g/mol. The molecule has 0 aliphatic heterocycles. The van der Waals surface area contributed by atoms with Crippen LogP contribution in [-0.4, -0.2) is 11.2 Å². The zero-order valence-corrected chi connectivity index (χ0v) is 11.8. The first kappa shape index (κ1) is 13.5. The first-order valence-corrected chi connectivity index (χ1v) is 7.07. The molecule has 0 heterocycles. The lowest BCUT2D eigenvalue weighted by molar-refractivity contribution is -0.150. The predicted molar refractivity (Wildman–Crippen MR) is 75.8 cm³/mol. The van der Waals surface area contributed by atoms with Gasteiger partial charge in [-0.3, -0.25) is 4.79 Å². The first-order valence-electron chi connectivity index (χ1n) is 6.56. The lowest BCUT2D eigenvalue weighted by Gasteiger charge is -2.27. The van der Waals surface area contributed by atoms with Crippen molar-refractivity contribution in [3.8, 4) is 0 Å². The van der Waals surface area contributed by atoms with Gasteiger partial charge in [0.05, 0.1) is 0 Å². The molecule has 3 heteroatoms. The Hall–Kier alpha value is -0.960. The smallest absolute Gasteiger partial charge is 0.319 e. The molecule has 1 aromatic rings. The van der Waals surface area contributed by atoms with Crippen LogP contribution in [0, 0.1) is 5.92 Å². The molecule has 0 saturated heterocycles. The van der Waals surface area contributed by atoms with E-state index in [4.69, 9.17) is 4.74 Å². The molecule has 1 aliphatic rings. The van der Waals surface area contributed by atoms with Gasteiger partial charge in [0.1, 0.15) is 11.4 Å². The van der Waals surface area contributed by atoms with Crippen molar-refractivity contribution in [2.24, 2.45) is 5.92 Å². The van der Waals surface area contributed by atoms with Gasteiger partial charge in [0.2, 0.25) is 0 Å². The molecule has 1 aromatic carbocycles. The minimum atomic E-state index is -0.334. The van der Waals surface area contributed by atoms with Gasteiger partial charge in [0, 0.05) is 0 Å². The summed E-state index contributed by atoms with van der Waals surface area (Å²) in [6.45, 7) is 3.96. The van der Waals surface area contributed by atoms with Crippen molar-refractivity contribution >= 4 is 18.6 Å². The third-order valence-electron chi connectivity index (χ3n) is 3.45. The number of carbonyl (C=O) groups excluding carboxylic acids is 1. The second-order valence-electron chi connectivity index (χ2n) is 5.21. The molecular weight excluding hydrogens is 244 g/mol. The predicted octanol–water partition coefficient (Wildman–Crippen LogP) is 3.56. The van der Waals surface area contributed by atoms with Crippen LogP contribution in [0.3, 0.4) is 0 Å². The highest BCUT2D eigenvalue weighted by atomic mass is 32.1. The Morgan fingerprint density at radius 3 is 2.83 bits per heavy atom. The molecule has 2 rings (SSSR count). The number of hydrogen-bond acceptors (Lipinski definition) is 3. The van der Waals surface area contributed by atoms with E-state index in [1.54, 1.807) is 0 Å². The average molecular weight is 264 g/mol. The van der Waals surface area contributed by atoms with Crippen LogP contribution in [0.1, 0.15) is 43.9 Å². The van der Waals surface area contributed by atoms with E-state index in [1.165, 1.54) is 11.1 Å². The van der Waals surface area contributed by atoms with Crippen molar-refractivity contribution in [1.82, 2.24) is 0 Å². The Labute approximate surface area is 114 Å². The van der Waals surface area contributed by atoms with Crippen LogP contribution in [0.25, 0.3) is 0 Å². The second kappa shape index (κ2) is 5.79. The maximum atomic E-state index is 12.0. The van der Waals surface area contributed by atoms with Crippen LogP contribution in [-0.2, 0) is 16.0 Å². The highest BCUT2D eigenvalue weighted by Crippen LogP contribution is 2.33. The second-order valence-corrected chi connectivity index (χ2v) is 5.76. The third kappa shape index (κ3) is 2.89. The number of rotatable bonds is 3. The fourth-order valence-corrected chi connectivity index (χ4v) is 2.37. The van der Waals surface area contributed by atoms with E-state index in [-0.39, 0.29) is 23.2 Å². The topological polar surface area (TPSA) is 26.3 Å². The minimum Gasteiger partial charge on any atom is -0.457 e.